The predicted octanol–water partition coefficient (Wildman–Crippen LogP) is 2.82. The molecule has 0 saturated heterocycles. The molecule has 0 fully saturated rings. The lowest BCUT2D eigenvalue weighted by Crippen LogP contribution is -2.38. The maximum atomic E-state index is 9.26. The van der Waals surface area contributed by atoms with Crippen LogP contribution in [0.5, 0.6) is 0 Å². The van der Waals surface area contributed by atoms with Gasteiger partial charge in [-0.15, -0.1) is 0 Å². The molecule has 0 aromatic heterocycles. The Morgan fingerprint density at radius 1 is 1.10 bits per heavy atom. The number of hydrogen-bond acceptors (Lipinski definition) is 3. The Hall–Kier alpha value is -0.900. The van der Waals surface area contributed by atoms with Gasteiger partial charge in [0.05, 0.1) is 6.61 Å². The third-order valence-electron chi connectivity index (χ3n) is 4.10. The molecule has 3 heteroatoms. The lowest BCUT2D eigenvalue weighted by atomic mass is 10.0. The van der Waals surface area contributed by atoms with Crippen LogP contribution in [0.15, 0.2) is 30.3 Å². The maximum Gasteiger partial charge on any atom is 0.0558 e. The zero-order valence-electron chi connectivity index (χ0n) is 13.2. The molecular formula is C17H30N2O. The van der Waals surface area contributed by atoms with Crippen molar-refractivity contribution in [2.24, 2.45) is 0 Å². The second-order valence-corrected chi connectivity index (χ2v) is 5.27. The SMILES string of the molecule is CCC(CC)N(CCO)CCC(NC)c1ccccc1. The molecule has 1 aromatic rings. The fourth-order valence-corrected chi connectivity index (χ4v) is 2.87. The first-order valence-corrected chi connectivity index (χ1v) is 7.83. The summed E-state index contributed by atoms with van der Waals surface area (Å²) in [6, 6.07) is 11.5. The summed E-state index contributed by atoms with van der Waals surface area (Å²) in [6.45, 7) is 6.49. The maximum absolute atomic E-state index is 9.26. The van der Waals surface area contributed by atoms with Gasteiger partial charge in [-0.25, -0.2) is 0 Å². The van der Waals surface area contributed by atoms with E-state index in [1.165, 1.54) is 5.56 Å². The summed E-state index contributed by atoms with van der Waals surface area (Å²) in [5.74, 6) is 0. The Labute approximate surface area is 124 Å². The van der Waals surface area contributed by atoms with Gasteiger partial charge >= 0.3 is 0 Å². The van der Waals surface area contributed by atoms with Crippen LogP contribution in [0, 0.1) is 0 Å². The highest BCUT2D eigenvalue weighted by atomic mass is 16.3. The van der Waals surface area contributed by atoms with Gasteiger partial charge in [0.25, 0.3) is 0 Å². The number of nitrogens with one attached hydrogen (secondary N) is 1. The largest absolute Gasteiger partial charge is 0.395 e. The number of aliphatic hydroxyl groups is 1. The fourth-order valence-electron chi connectivity index (χ4n) is 2.87. The van der Waals surface area contributed by atoms with Crippen LogP contribution in [-0.2, 0) is 0 Å². The Morgan fingerprint density at radius 3 is 2.25 bits per heavy atom. The lowest BCUT2D eigenvalue weighted by molar-refractivity contribution is 0.138. The van der Waals surface area contributed by atoms with Crippen molar-refractivity contribution < 1.29 is 5.11 Å². The van der Waals surface area contributed by atoms with E-state index in [1.54, 1.807) is 0 Å². The molecule has 1 atom stereocenters. The molecule has 0 heterocycles. The Balaban J connectivity index is 2.60. The highest BCUT2D eigenvalue weighted by molar-refractivity contribution is 5.18. The summed E-state index contributed by atoms with van der Waals surface area (Å²) in [5.41, 5.74) is 1.34. The molecule has 0 saturated carbocycles. The molecule has 0 aliphatic rings. The predicted molar refractivity (Wildman–Crippen MR) is 85.9 cm³/mol. The Morgan fingerprint density at radius 2 is 1.75 bits per heavy atom. The molecule has 114 valence electrons. The normalized spacial score (nSPS) is 13.1. The average Bonchev–Trinajstić information content (AvgIpc) is 2.50. The van der Waals surface area contributed by atoms with E-state index in [-0.39, 0.29) is 6.61 Å². The molecule has 0 spiro atoms. The highest BCUT2D eigenvalue weighted by Crippen LogP contribution is 2.18. The Kier molecular flexibility index (Phi) is 8.51. The van der Waals surface area contributed by atoms with E-state index >= 15 is 0 Å². The van der Waals surface area contributed by atoms with Crippen molar-refractivity contribution in [3.05, 3.63) is 35.9 Å². The van der Waals surface area contributed by atoms with Gasteiger partial charge in [0.2, 0.25) is 0 Å². The minimum atomic E-state index is 0.242. The smallest absolute Gasteiger partial charge is 0.0558 e. The summed E-state index contributed by atoms with van der Waals surface area (Å²) < 4.78 is 0. The van der Waals surface area contributed by atoms with Crippen LogP contribution in [0.25, 0.3) is 0 Å². The molecule has 20 heavy (non-hydrogen) atoms. The molecular weight excluding hydrogens is 248 g/mol. The van der Waals surface area contributed by atoms with Gasteiger partial charge in [-0.05, 0) is 31.9 Å². The highest BCUT2D eigenvalue weighted by Gasteiger charge is 2.17. The summed E-state index contributed by atoms with van der Waals surface area (Å²) in [4.78, 5) is 2.42. The zero-order valence-corrected chi connectivity index (χ0v) is 13.2. The number of rotatable bonds is 10. The van der Waals surface area contributed by atoms with Crippen LogP contribution in [0.3, 0.4) is 0 Å². The third kappa shape index (κ3) is 5.23. The van der Waals surface area contributed by atoms with E-state index in [0.717, 1.165) is 32.4 Å². The van der Waals surface area contributed by atoms with Gasteiger partial charge in [0.1, 0.15) is 0 Å². The summed E-state index contributed by atoms with van der Waals surface area (Å²) in [7, 11) is 2.02. The second-order valence-electron chi connectivity index (χ2n) is 5.27. The average molecular weight is 278 g/mol. The lowest BCUT2D eigenvalue weighted by Gasteiger charge is -2.31. The monoisotopic (exact) mass is 278 g/mol. The van der Waals surface area contributed by atoms with Gasteiger partial charge in [0, 0.05) is 25.2 Å². The molecule has 0 aliphatic carbocycles. The van der Waals surface area contributed by atoms with Crippen molar-refractivity contribution in [1.29, 1.82) is 0 Å². The van der Waals surface area contributed by atoms with Gasteiger partial charge < -0.3 is 10.4 Å². The van der Waals surface area contributed by atoms with Crippen molar-refractivity contribution in [2.75, 3.05) is 26.7 Å². The second kappa shape index (κ2) is 9.92. The molecule has 2 N–H and O–H groups in total. The first kappa shape index (κ1) is 17.2. The van der Waals surface area contributed by atoms with Crippen molar-refractivity contribution in [2.45, 2.75) is 45.2 Å². The molecule has 3 nitrogen and oxygen atoms in total. The summed E-state index contributed by atoms with van der Waals surface area (Å²) >= 11 is 0. The first-order chi connectivity index (χ1) is 9.76. The molecule has 1 unspecified atom stereocenters. The van der Waals surface area contributed by atoms with Crippen LogP contribution < -0.4 is 5.32 Å². The van der Waals surface area contributed by atoms with Crippen molar-refractivity contribution >= 4 is 0 Å². The van der Waals surface area contributed by atoms with E-state index in [1.807, 2.05) is 7.05 Å². The van der Waals surface area contributed by atoms with Crippen LogP contribution in [0.2, 0.25) is 0 Å². The standard InChI is InChI=1S/C17H30N2O/c1-4-16(5-2)19(13-14-20)12-11-17(18-3)15-9-7-6-8-10-15/h6-10,16-18,20H,4-5,11-14H2,1-3H3. The van der Waals surface area contributed by atoms with E-state index in [2.05, 4.69) is 54.4 Å². The van der Waals surface area contributed by atoms with Crippen LogP contribution >= 0.6 is 0 Å². The Bertz CT molecular complexity index is 338. The van der Waals surface area contributed by atoms with E-state index in [4.69, 9.17) is 0 Å². The summed E-state index contributed by atoms with van der Waals surface area (Å²) in [6.07, 6.45) is 3.36. The van der Waals surface area contributed by atoms with Gasteiger partial charge in [0.15, 0.2) is 0 Å². The number of nitrogens with zero attached hydrogens (tertiary/aromatic N) is 1. The van der Waals surface area contributed by atoms with Crippen molar-refractivity contribution in [3.8, 4) is 0 Å². The molecule has 0 amide bonds. The molecule has 0 radical (unpaired) electrons. The molecule has 0 bridgehead atoms. The van der Waals surface area contributed by atoms with Crippen LogP contribution in [-0.4, -0.2) is 42.8 Å². The van der Waals surface area contributed by atoms with Crippen molar-refractivity contribution in [3.63, 3.8) is 0 Å². The number of aliphatic hydroxyl groups excluding tert-OH is 1. The molecule has 1 aromatic carbocycles. The van der Waals surface area contributed by atoms with Crippen molar-refractivity contribution in [1.82, 2.24) is 10.2 Å². The fraction of sp³-hybridized carbons (Fsp3) is 0.647. The zero-order chi connectivity index (χ0) is 14.8. The quantitative estimate of drug-likeness (QED) is 0.691. The van der Waals surface area contributed by atoms with Gasteiger partial charge in [-0.1, -0.05) is 44.2 Å². The minimum Gasteiger partial charge on any atom is -0.395 e. The molecule has 0 aliphatic heterocycles. The number of hydrogen-bond donors (Lipinski definition) is 2. The third-order valence-corrected chi connectivity index (χ3v) is 4.10. The summed E-state index contributed by atoms with van der Waals surface area (Å²) in [5, 5.41) is 12.7. The van der Waals surface area contributed by atoms with E-state index in [0.29, 0.717) is 12.1 Å². The van der Waals surface area contributed by atoms with E-state index in [9.17, 15) is 5.11 Å². The number of benzene rings is 1. The minimum absolute atomic E-state index is 0.242. The van der Waals surface area contributed by atoms with Gasteiger partial charge in [-0.2, -0.15) is 0 Å². The van der Waals surface area contributed by atoms with Crippen LogP contribution in [0.4, 0.5) is 0 Å². The topological polar surface area (TPSA) is 35.5 Å². The molecule has 1 rings (SSSR count). The first-order valence-electron chi connectivity index (χ1n) is 7.83. The van der Waals surface area contributed by atoms with Crippen LogP contribution in [0.1, 0.15) is 44.7 Å². The van der Waals surface area contributed by atoms with E-state index < -0.39 is 0 Å². The van der Waals surface area contributed by atoms with Gasteiger partial charge in [-0.3, -0.25) is 4.90 Å².